The van der Waals surface area contributed by atoms with Crippen molar-refractivity contribution in [3.05, 3.63) is 83.5 Å². The van der Waals surface area contributed by atoms with Crippen LogP contribution < -0.4 is 10.6 Å². The van der Waals surface area contributed by atoms with E-state index in [0.29, 0.717) is 27.8 Å². The molecule has 0 spiro atoms. The summed E-state index contributed by atoms with van der Waals surface area (Å²) < 4.78 is 5.74. The number of halogens is 1. The second-order valence-corrected chi connectivity index (χ2v) is 7.10. The van der Waals surface area contributed by atoms with Gasteiger partial charge in [-0.2, -0.15) is 4.98 Å². The predicted octanol–water partition coefficient (Wildman–Crippen LogP) is 5.07. The second kappa shape index (κ2) is 8.86. The molecule has 4 rings (SSSR count). The van der Waals surface area contributed by atoms with Gasteiger partial charge in [-0.15, -0.1) is 0 Å². The largest absolute Gasteiger partial charge is 0.434 e. The molecule has 30 heavy (non-hydrogen) atoms. The Kier molecular flexibility index (Phi) is 5.83. The Balaban J connectivity index is 1.40. The van der Waals surface area contributed by atoms with Gasteiger partial charge in [0.2, 0.25) is 11.8 Å². The molecule has 148 valence electrons. The first-order chi connectivity index (χ1) is 14.6. The molecule has 0 aliphatic rings. The minimum Gasteiger partial charge on any atom is -0.434 e. The highest BCUT2D eigenvalue weighted by Crippen LogP contribution is 2.25. The zero-order valence-corrected chi connectivity index (χ0v) is 17.1. The molecular weight excluding hydrogens is 420 g/mol. The van der Waals surface area contributed by atoms with E-state index in [4.69, 9.17) is 28.2 Å². The van der Waals surface area contributed by atoms with E-state index in [0.717, 1.165) is 11.1 Å². The SMILES string of the molecule is O=C(C=Cc1ccc(Cl)cc1)NC(=S)Nc1cccc(-c2nc3ncccc3o2)c1. The predicted molar refractivity (Wildman–Crippen MR) is 122 cm³/mol. The fourth-order valence-electron chi connectivity index (χ4n) is 2.68. The van der Waals surface area contributed by atoms with E-state index in [1.54, 1.807) is 30.5 Å². The van der Waals surface area contributed by atoms with Crippen molar-refractivity contribution in [2.24, 2.45) is 0 Å². The summed E-state index contributed by atoms with van der Waals surface area (Å²) >= 11 is 11.1. The highest BCUT2D eigenvalue weighted by atomic mass is 35.5. The summed E-state index contributed by atoms with van der Waals surface area (Å²) in [5, 5.41) is 6.41. The van der Waals surface area contributed by atoms with Crippen LogP contribution in [0.5, 0.6) is 0 Å². The molecule has 0 saturated carbocycles. The molecular formula is C22H15ClN4O2S. The number of nitrogens with one attached hydrogen (secondary N) is 2. The molecule has 2 aromatic heterocycles. The lowest BCUT2D eigenvalue weighted by atomic mass is 10.2. The van der Waals surface area contributed by atoms with E-state index in [9.17, 15) is 4.79 Å². The maximum absolute atomic E-state index is 12.1. The first-order valence-electron chi connectivity index (χ1n) is 8.94. The van der Waals surface area contributed by atoms with Crippen molar-refractivity contribution in [2.75, 3.05) is 5.32 Å². The fourth-order valence-corrected chi connectivity index (χ4v) is 3.03. The molecule has 0 fully saturated rings. The van der Waals surface area contributed by atoms with Crippen LogP contribution in [-0.2, 0) is 4.79 Å². The third-order valence-corrected chi connectivity index (χ3v) is 4.52. The number of rotatable bonds is 4. The molecule has 0 aliphatic carbocycles. The van der Waals surface area contributed by atoms with E-state index in [2.05, 4.69) is 20.6 Å². The van der Waals surface area contributed by atoms with E-state index >= 15 is 0 Å². The van der Waals surface area contributed by atoms with E-state index < -0.39 is 0 Å². The topological polar surface area (TPSA) is 80.0 Å². The Labute approximate surface area is 182 Å². The van der Waals surface area contributed by atoms with E-state index in [-0.39, 0.29) is 11.0 Å². The van der Waals surface area contributed by atoms with Gasteiger partial charge in [0.1, 0.15) is 0 Å². The van der Waals surface area contributed by atoms with Gasteiger partial charge >= 0.3 is 0 Å². The summed E-state index contributed by atoms with van der Waals surface area (Å²) in [4.78, 5) is 20.6. The summed E-state index contributed by atoms with van der Waals surface area (Å²) in [5.41, 5.74) is 3.46. The molecule has 0 saturated heterocycles. The number of aromatic nitrogens is 2. The van der Waals surface area contributed by atoms with Crippen LogP contribution in [0.25, 0.3) is 28.8 Å². The lowest BCUT2D eigenvalue weighted by Crippen LogP contribution is -2.32. The summed E-state index contributed by atoms with van der Waals surface area (Å²) in [7, 11) is 0. The monoisotopic (exact) mass is 434 g/mol. The van der Waals surface area contributed by atoms with Crippen molar-refractivity contribution in [1.29, 1.82) is 0 Å². The number of amides is 1. The van der Waals surface area contributed by atoms with E-state index in [1.165, 1.54) is 6.08 Å². The molecule has 2 aromatic carbocycles. The zero-order valence-electron chi connectivity index (χ0n) is 15.5. The van der Waals surface area contributed by atoms with Crippen LogP contribution in [-0.4, -0.2) is 21.0 Å². The van der Waals surface area contributed by atoms with Gasteiger partial charge < -0.3 is 9.73 Å². The minimum atomic E-state index is -0.344. The van der Waals surface area contributed by atoms with Crippen molar-refractivity contribution in [3.63, 3.8) is 0 Å². The van der Waals surface area contributed by atoms with Crippen molar-refractivity contribution in [3.8, 4) is 11.5 Å². The van der Waals surface area contributed by atoms with Crippen molar-refractivity contribution < 1.29 is 9.21 Å². The number of carbonyl (C=O) groups is 1. The van der Waals surface area contributed by atoms with Gasteiger partial charge in [-0.1, -0.05) is 29.8 Å². The molecule has 0 radical (unpaired) electrons. The quantitative estimate of drug-likeness (QED) is 0.345. The summed E-state index contributed by atoms with van der Waals surface area (Å²) in [6.45, 7) is 0. The second-order valence-electron chi connectivity index (χ2n) is 6.25. The first-order valence-corrected chi connectivity index (χ1v) is 9.73. The standard InChI is InChI=1S/C22H15ClN4O2S/c23-16-9-6-14(7-10-16)8-11-19(28)26-22(30)25-17-4-1-3-15(13-17)21-27-20-18(29-21)5-2-12-24-20/h1-13H,(H2,25,26,28,30). The fraction of sp³-hybridized carbons (Fsp3) is 0. The lowest BCUT2D eigenvalue weighted by Gasteiger charge is -2.08. The number of pyridine rings is 1. The highest BCUT2D eigenvalue weighted by molar-refractivity contribution is 7.80. The molecule has 2 N–H and O–H groups in total. The maximum Gasteiger partial charge on any atom is 0.250 e. The number of oxazole rings is 1. The third-order valence-electron chi connectivity index (χ3n) is 4.07. The van der Waals surface area contributed by atoms with Crippen LogP contribution >= 0.6 is 23.8 Å². The van der Waals surface area contributed by atoms with Crippen LogP contribution in [0.3, 0.4) is 0 Å². The van der Waals surface area contributed by atoms with Gasteiger partial charge in [0.05, 0.1) is 0 Å². The Morgan fingerprint density at radius 2 is 1.93 bits per heavy atom. The van der Waals surface area contributed by atoms with Crippen molar-refractivity contribution >= 4 is 57.8 Å². The first kappa shape index (κ1) is 19.8. The van der Waals surface area contributed by atoms with Crippen molar-refractivity contribution in [1.82, 2.24) is 15.3 Å². The van der Waals surface area contributed by atoms with Gasteiger partial charge in [-0.05, 0) is 66.3 Å². The number of hydrogen-bond acceptors (Lipinski definition) is 5. The molecule has 4 aromatic rings. The third kappa shape index (κ3) is 4.89. The molecule has 0 unspecified atom stereocenters. The van der Waals surface area contributed by atoms with Crippen LogP contribution in [0.2, 0.25) is 5.02 Å². The molecule has 0 atom stereocenters. The van der Waals surface area contributed by atoms with Gasteiger partial charge in [-0.3, -0.25) is 10.1 Å². The number of nitrogens with zero attached hydrogens (tertiary/aromatic N) is 2. The summed E-state index contributed by atoms with van der Waals surface area (Å²) in [6, 6.07) is 18.1. The summed E-state index contributed by atoms with van der Waals surface area (Å²) in [6.07, 6.45) is 4.74. The molecule has 2 heterocycles. The molecule has 1 amide bonds. The van der Waals surface area contributed by atoms with Crippen LogP contribution in [0.4, 0.5) is 5.69 Å². The van der Waals surface area contributed by atoms with Crippen LogP contribution in [0.15, 0.2) is 77.4 Å². The van der Waals surface area contributed by atoms with Crippen molar-refractivity contribution in [2.45, 2.75) is 0 Å². The molecule has 8 heteroatoms. The van der Waals surface area contributed by atoms with Gasteiger partial charge in [0.25, 0.3) is 0 Å². The number of thiocarbonyl (C=S) groups is 1. The van der Waals surface area contributed by atoms with Gasteiger partial charge in [0, 0.05) is 28.5 Å². The Morgan fingerprint density at radius 1 is 1.10 bits per heavy atom. The number of carbonyl (C=O) groups excluding carboxylic acids is 1. The number of hydrogen-bond donors (Lipinski definition) is 2. The number of anilines is 1. The van der Waals surface area contributed by atoms with Crippen LogP contribution in [0, 0.1) is 0 Å². The minimum absolute atomic E-state index is 0.178. The molecule has 0 aliphatic heterocycles. The average Bonchev–Trinajstić information content (AvgIpc) is 3.18. The smallest absolute Gasteiger partial charge is 0.250 e. The van der Waals surface area contributed by atoms with Gasteiger partial charge in [-0.25, -0.2) is 4.98 Å². The Morgan fingerprint density at radius 3 is 2.73 bits per heavy atom. The summed E-state index contributed by atoms with van der Waals surface area (Å²) in [5.74, 6) is 0.108. The van der Waals surface area contributed by atoms with Gasteiger partial charge in [0.15, 0.2) is 16.3 Å². The number of fused-ring (bicyclic) bond motifs is 1. The normalized spacial score (nSPS) is 11.0. The van der Waals surface area contributed by atoms with E-state index in [1.807, 2.05) is 42.5 Å². The average molecular weight is 435 g/mol. The number of benzene rings is 2. The molecule has 0 bridgehead atoms. The highest BCUT2D eigenvalue weighted by Gasteiger charge is 2.10. The Hall–Kier alpha value is -3.55. The molecule has 6 nitrogen and oxygen atoms in total. The lowest BCUT2D eigenvalue weighted by molar-refractivity contribution is -0.115. The zero-order chi connectivity index (χ0) is 20.9. The maximum atomic E-state index is 12.1. The Bertz CT molecular complexity index is 1220. The van der Waals surface area contributed by atoms with Crippen LogP contribution in [0.1, 0.15) is 5.56 Å².